The van der Waals surface area contributed by atoms with Gasteiger partial charge >= 0.3 is 0 Å². The van der Waals surface area contributed by atoms with E-state index in [1.165, 1.54) is 0 Å². The van der Waals surface area contributed by atoms with E-state index >= 15 is 0 Å². The molecule has 0 unspecified atom stereocenters. The Labute approximate surface area is 117 Å². The van der Waals surface area contributed by atoms with E-state index in [9.17, 15) is 20.1 Å². The van der Waals surface area contributed by atoms with Crippen molar-refractivity contribution in [3.8, 4) is 0 Å². The molecule has 0 aromatic rings. The standard InChI is InChI=1S/C15H22O5/c1-8-4-5-14(18)11(2)7-20-15(19)10(17)13(8,14)6-9(16)12(11,15)3/h8,10,17-19H,4-7H2,1-3H3/t8-,10-,11+,12-,13+,14+,15+/m1/s1. The first-order chi connectivity index (χ1) is 9.12. The number of hydrogen-bond acceptors (Lipinski definition) is 5. The van der Waals surface area contributed by atoms with E-state index in [0.717, 1.165) is 6.42 Å². The second-order valence-corrected chi connectivity index (χ2v) is 7.79. The van der Waals surface area contributed by atoms with Gasteiger partial charge in [-0.25, -0.2) is 0 Å². The van der Waals surface area contributed by atoms with E-state index in [0.29, 0.717) is 6.42 Å². The Morgan fingerprint density at radius 2 is 1.95 bits per heavy atom. The molecule has 1 spiro atoms. The minimum atomic E-state index is -1.87. The normalized spacial score (nSPS) is 67.6. The summed E-state index contributed by atoms with van der Waals surface area (Å²) in [4.78, 5) is 12.8. The number of ketones is 1. The molecular formula is C15H22O5. The van der Waals surface area contributed by atoms with Gasteiger partial charge < -0.3 is 20.1 Å². The summed E-state index contributed by atoms with van der Waals surface area (Å²) in [5.74, 6) is -1.99. The van der Waals surface area contributed by atoms with Gasteiger partial charge in [0.25, 0.3) is 0 Å². The molecule has 4 aliphatic carbocycles. The smallest absolute Gasteiger partial charge is 0.206 e. The Morgan fingerprint density at radius 1 is 1.30 bits per heavy atom. The molecule has 7 atom stereocenters. The quantitative estimate of drug-likeness (QED) is 0.591. The van der Waals surface area contributed by atoms with Crippen molar-refractivity contribution >= 4 is 5.78 Å². The first-order valence-electron chi connectivity index (χ1n) is 7.42. The van der Waals surface area contributed by atoms with Crippen LogP contribution < -0.4 is 0 Å². The molecule has 0 amide bonds. The topological polar surface area (TPSA) is 87.0 Å². The van der Waals surface area contributed by atoms with Crippen molar-refractivity contribution in [1.29, 1.82) is 0 Å². The van der Waals surface area contributed by atoms with Gasteiger partial charge in [-0.1, -0.05) is 13.8 Å². The third-order valence-electron chi connectivity index (χ3n) is 7.77. The number of Topliss-reactive ketones (excluding diaryl/α,β-unsaturated/α-hetero) is 1. The number of carbonyl (C=O) groups excluding carboxylic acids is 1. The molecule has 4 saturated carbocycles. The summed E-state index contributed by atoms with van der Waals surface area (Å²) in [6, 6.07) is 0. The summed E-state index contributed by atoms with van der Waals surface area (Å²) in [6.07, 6.45) is 0.201. The molecule has 5 fully saturated rings. The summed E-state index contributed by atoms with van der Waals surface area (Å²) in [5.41, 5.74) is -4.25. The van der Waals surface area contributed by atoms with Crippen LogP contribution in [0.3, 0.4) is 0 Å². The molecule has 112 valence electrons. The molecule has 20 heavy (non-hydrogen) atoms. The van der Waals surface area contributed by atoms with Crippen molar-refractivity contribution < 1.29 is 24.9 Å². The van der Waals surface area contributed by atoms with Crippen LogP contribution >= 0.6 is 0 Å². The molecule has 5 aliphatic rings. The molecule has 5 heteroatoms. The maximum atomic E-state index is 12.8. The lowest BCUT2D eigenvalue weighted by atomic mass is 9.35. The van der Waals surface area contributed by atoms with E-state index in [-0.39, 0.29) is 24.7 Å². The third kappa shape index (κ3) is 0.794. The van der Waals surface area contributed by atoms with Crippen LogP contribution in [0.15, 0.2) is 0 Å². The van der Waals surface area contributed by atoms with Crippen LogP contribution in [0, 0.1) is 22.2 Å². The van der Waals surface area contributed by atoms with Crippen LogP contribution in [0.4, 0.5) is 0 Å². The lowest BCUT2D eigenvalue weighted by molar-refractivity contribution is -0.368. The fourth-order valence-electron chi connectivity index (χ4n) is 6.15. The van der Waals surface area contributed by atoms with Crippen LogP contribution in [-0.2, 0) is 9.53 Å². The summed E-state index contributed by atoms with van der Waals surface area (Å²) in [7, 11) is 0. The van der Waals surface area contributed by atoms with Gasteiger partial charge in [0.15, 0.2) is 0 Å². The van der Waals surface area contributed by atoms with Gasteiger partial charge in [-0.3, -0.25) is 4.79 Å². The van der Waals surface area contributed by atoms with Crippen molar-refractivity contribution in [2.24, 2.45) is 22.2 Å². The molecule has 0 radical (unpaired) electrons. The first kappa shape index (κ1) is 13.2. The molecule has 5 nitrogen and oxygen atoms in total. The first-order valence-corrected chi connectivity index (χ1v) is 7.42. The minimum Gasteiger partial charge on any atom is -0.388 e. The van der Waals surface area contributed by atoms with E-state index < -0.39 is 33.7 Å². The number of ether oxygens (including phenoxy) is 1. The molecule has 5 rings (SSSR count). The van der Waals surface area contributed by atoms with E-state index in [1.807, 2.05) is 13.8 Å². The Balaban J connectivity index is 2.10. The average Bonchev–Trinajstić information content (AvgIpc) is 2.77. The fraction of sp³-hybridized carbons (Fsp3) is 0.933. The lowest BCUT2D eigenvalue weighted by Crippen LogP contribution is -2.83. The summed E-state index contributed by atoms with van der Waals surface area (Å²) in [5, 5.41) is 33.3. The molecule has 3 N–H and O–H groups in total. The Hall–Kier alpha value is -0.490. The van der Waals surface area contributed by atoms with Gasteiger partial charge in [-0.2, -0.15) is 0 Å². The van der Waals surface area contributed by atoms with Gasteiger partial charge in [0, 0.05) is 17.3 Å². The Kier molecular flexibility index (Phi) is 1.98. The zero-order valence-electron chi connectivity index (χ0n) is 12.1. The number of rotatable bonds is 0. The van der Waals surface area contributed by atoms with Crippen molar-refractivity contribution in [2.75, 3.05) is 6.61 Å². The zero-order valence-corrected chi connectivity index (χ0v) is 12.1. The van der Waals surface area contributed by atoms with Crippen LogP contribution in [0.5, 0.6) is 0 Å². The van der Waals surface area contributed by atoms with E-state index in [1.54, 1.807) is 6.92 Å². The number of fused-ring (bicyclic) bond motifs is 1. The van der Waals surface area contributed by atoms with E-state index in [2.05, 4.69) is 0 Å². The largest absolute Gasteiger partial charge is 0.388 e. The molecule has 1 aliphatic heterocycles. The van der Waals surface area contributed by atoms with Gasteiger partial charge in [0.2, 0.25) is 5.79 Å². The highest BCUT2D eigenvalue weighted by Crippen LogP contribution is 2.79. The van der Waals surface area contributed by atoms with E-state index in [4.69, 9.17) is 4.74 Å². The fourth-order valence-corrected chi connectivity index (χ4v) is 6.15. The predicted octanol–water partition coefficient (Wildman–Crippen LogP) is 0.212. The lowest BCUT2D eigenvalue weighted by Gasteiger charge is -2.69. The summed E-state index contributed by atoms with van der Waals surface area (Å²) in [6.45, 7) is 5.54. The second-order valence-electron chi connectivity index (χ2n) is 7.79. The van der Waals surface area contributed by atoms with Gasteiger partial charge in [0.05, 0.1) is 17.6 Å². The summed E-state index contributed by atoms with van der Waals surface area (Å²) < 4.78 is 5.56. The van der Waals surface area contributed by atoms with Gasteiger partial charge in [0.1, 0.15) is 11.9 Å². The summed E-state index contributed by atoms with van der Waals surface area (Å²) >= 11 is 0. The van der Waals surface area contributed by atoms with Gasteiger partial charge in [-0.05, 0) is 25.7 Å². The second kappa shape index (κ2) is 3.00. The van der Waals surface area contributed by atoms with Crippen molar-refractivity contribution in [2.45, 2.75) is 57.5 Å². The molecule has 0 aromatic heterocycles. The van der Waals surface area contributed by atoms with Crippen LogP contribution in [0.1, 0.15) is 40.0 Å². The van der Waals surface area contributed by atoms with Crippen molar-refractivity contribution in [3.63, 3.8) is 0 Å². The number of aliphatic hydroxyl groups excluding tert-OH is 1. The monoisotopic (exact) mass is 282 g/mol. The van der Waals surface area contributed by atoms with Crippen LogP contribution in [0.2, 0.25) is 0 Å². The zero-order chi connectivity index (χ0) is 14.8. The van der Waals surface area contributed by atoms with Gasteiger partial charge in [-0.15, -0.1) is 0 Å². The molecular weight excluding hydrogens is 260 g/mol. The maximum Gasteiger partial charge on any atom is 0.206 e. The Bertz CT molecular complexity index is 534. The van der Waals surface area contributed by atoms with Crippen molar-refractivity contribution in [1.82, 2.24) is 0 Å². The van der Waals surface area contributed by atoms with Crippen LogP contribution in [0.25, 0.3) is 0 Å². The number of aliphatic hydroxyl groups is 3. The maximum absolute atomic E-state index is 12.8. The number of hydrogen-bond donors (Lipinski definition) is 3. The molecule has 0 aromatic carbocycles. The third-order valence-corrected chi connectivity index (χ3v) is 7.77. The highest BCUT2D eigenvalue weighted by Gasteiger charge is 2.91. The molecule has 1 heterocycles. The Morgan fingerprint density at radius 3 is 2.60 bits per heavy atom. The van der Waals surface area contributed by atoms with Crippen molar-refractivity contribution in [3.05, 3.63) is 0 Å². The molecule has 4 bridgehead atoms. The highest BCUT2D eigenvalue weighted by atomic mass is 16.6. The predicted molar refractivity (Wildman–Crippen MR) is 68.5 cm³/mol. The van der Waals surface area contributed by atoms with Crippen LogP contribution in [-0.4, -0.2) is 45.2 Å². The molecule has 1 saturated heterocycles. The highest BCUT2D eigenvalue weighted by molar-refractivity contribution is 5.91. The minimum absolute atomic E-state index is 0.0242. The average molecular weight is 282 g/mol. The SMILES string of the molecule is C[C@@H]1CC[C@@]2(O)[C@@]13CC(=O)[C@]1(C)[C@]2(C)CO[C@@]1(O)[C@@H]3O. The number of carbonyl (C=O) groups is 1.